The Morgan fingerprint density at radius 3 is 2.79 bits per heavy atom. The summed E-state index contributed by atoms with van der Waals surface area (Å²) in [6.07, 6.45) is 6.62. The van der Waals surface area contributed by atoms with Crippen molar-refractivity contribution < 1.29 is 9.59 Å². The van der Waals surface area contributed by atoms with Crippen LogP contribution in [0.2, 0.25) is 0 Å². The Hall–Kier alpha value is -2.93. The molecule has 2 atom stereocenters. The summed E-state index contributed by atoms with van der Waals surface area (Å²) < 4.78 is 0. The molecule has 3 aliphatic rings. The molecule has 2 fully saturated rings. The van der Waals surface area contributed by atoms with Gasteiger partial charge in [-0.3, -0.25) is 14.6 Å². The number of hydrazine groups is 1. The Balaban J connectivity index is 1.28. The van der Waals surface area contributed by atoms with Crippen molar-refractivity contribution in [1.29, 1.82) is 0 Å². The maximum atomic E-state index is 13.0. The molecule has 2 N–H and O–H groups in total. The van der Waals surface area contributed by atoms with Gasteiger partial charge in [0.1, 0.15) is 18.9 Å². The summed E-state index contributed by atoms with van der Waals surface area (Å²) in [7, 11) is 0. The molecule has 0 radical (unpaired) electrons. The second kappa shape index (κ2) is 7.48. The van der Waals surface area contributed by atoms with Crippen molar-refractivity contribution in [2.45, 2.75) is 50.2 Å². The normalized spacial score (nSPS) is 24.3. The van der Waals surface area contributed by atoms with Gasteiger partial charge in [0.25, 0.3) is 5.91 Å². The molecule has 1 aliphatic carbocycles. The minimum Gasteiger partial charge on any atom is -0.352 e. The van der Waals surface area contributed by atoms with Crippen LogP contribution in [0.3, 0.4) is 0 Å². The fraction of sp³-hybridized carbons (Fsp3) is 0.409. The Labute approximate surface area is 169 Å². The van der Waals surface area contributed by atoms with E-state index in [4.69, 9.17) is 0 Å². The number of hydrogen-bond acceptors (Lipinski definition) is 5. The number of carbonyl (C=O) groups is 2. The fourth-order valence-electron chi connectivity index (χ4n) is 4.69. The highest BCUT2D eigenvalue weighted by Crippen LogP contribution is 2.33. The first-order valence-electron chi connectivity index (χ1n) is 10.4. The lowest BCUT2D eigenvalue weighted by Crippen LogP contribution is -2.53. The Morgan fingerprint density at radius 2 is 1.93 bits per heavy atom. The van der Waals surface area contributed by atoms with Gasteiger partial charge in [-0.15, -0.1) is 0 Å². The monoisotopic (exact) mass is 391 g/mol. The number of rotatable bonds is 4. The van der Waals surface area contributed by atoms with Crippen molar-refractivity contribution in [3.8, 4) is 0 Å². The number of benzene rings is 2. The lowest BCUT2D eigenvalue weighted by atomic mass is 9.96. The van der Waals surface area contributed by atoms with Crippen molar-refractivity contribution in [3.63, 3.8) is 0 Å². The van der Waals surface area contributed by atoms with Gasteiger partial charge in [-0.05, 0) is 35.6 Å². The molecule has 5 rings (SSSR count). The number of hydrogen-bond donors (Lipinski definition) is 2. The largest absolute Gasteiger partial charge is 0.352 e. The van der Waals surface area contributed by atoms with Gasteiger partial charge < -0.3 is 5.32 Å². The Morgan fingerprint density at radius 1 is 1.14 bits per heavy atom. The molecule has 0 spiro atoms. The smallest absolute Gasteiger partial charge is 0.267 e. The maximum Gasteiger partial charge on any atom is 0.267 e. The molecule has 1 saturated carbocycles. The molecule has 150 valence electrons. The van der Waals surface area contributed by atoms with Crippen LogP contribution in [-0.4, -0.2) is 46.8 Å². The molecule has 2 aromatic carbocycles. The van der Waals surface area contributed by atoms with Gasteiger partial charge in [-0.1, -0.05) is 55.3 Å². The van der Waals surface area contributed by atoms with Crippen LogP contribution in [0.15, 0.2) is 47.6 Å². The van der Waals surface area contributed by atoms with Gasteiger partial charge >= 0.3 is 0 Å². The van der Waals surface area contributed by atoms with Crippen molar-refractivity contribution in [3.05, 3.63) is 48.0 Å². The summed E-state index contributed by atoms with van der Waals surface area (Å²) in [4.78, 5) is 25.3. The molecule has 1 saturated heterocycles. The third-order valence-corrected chi connectivity index (χ3v) is 6.17. The molecular formula is C22H25N5O2. The summed E-state index contributed by atoms with van der Waals surface area (Å²) in [6.45, 7) is -0.0187. The lowest BCUT2D eigenvalue weighted by molar-refractivity contribution is -0.140. The zero-order valence-corrected chi connectivity index (χ0v) is 16.3. The molecule has 0 aromatic heterocycles. The summed E-state index contributed by atoms with van der Waals surface area (Å²) in [6, 6.07) is 14.4. The SMILES string of the molecule is O=C(CN1N=CN2NC(c3cccc4ccccc34)CC2C1=O)NC1CCCC1. The van der Waals surface area contributed by atoms with Gasteiger partial charge in [-0.25, -0.2) is 10.4 Å². The second-order valence-electron chi connectivity index (χ2n) is 8.08. The summed E-state index contributed by atoms with van der Waals surface area (Å²) in [5.41, 5.74) is 4.57. The summed E-state index contributed by atoms with van der Waals surface area (Å²) in [5.74, 6) is -0.267. The second-order valence-corrected chi connectivity index (χ2v) is 8.08. The predicted molar refractivity (Wildman–Crippen MR) is 111 cm³/mol. The molecule has 0 bridgehead atoms. The van der Waals surface area contributed by atoms with E-state index in [1.165, 1.54) is 21.3 Å². The van der Waals surface area contributed by atoms with Gasteiger partial charge in [0, 0.05) is 6.04 Å². The van der Waals surface area contributed by atoms with E-state index in [0.717, 1.165) is 25.7 Å². The number of amides is 2. The van der Waals surface area contributed by atoms with Crippen molar-refractivity contribution in [2.75, 3.05) is 6.54 Å². The van der Waals surface area contributed by atoms with Crippen LogP contribution >= 0.6 is 0 Å². The highest BCUT2D eigenvalue weighted by atomic mass is 16.2. The molecule has 7 nitrogen and oxygen atoms in total. The van der Waals surface area contributed by atoms with Crippen molar-refractivity contribution >= 4 is 28.9 Å². The zero-order chi connectivity index (χ0) is 19.8. The van der Waals surface area contributed by atoms with Crippen LogP contribution in [0, 0.1) is 0 Å². The molecule has 2 aromatic rings. The Bertz CT molecular complexity index is 963. The van der Waals surface area contributed by atoms with Gasteiger partial charge in [0.15, 0.2) is 0 Å². The highest BCUT2D eigenvalue weighted by Gasteiger charge is 2.41. The zero-order valence-electron chi connectivity index (χ0n) is 16.3. The minimum atomic E-state index is -0.351. The lowest BCUT2D eigenvalue weighted by Gasteiger charge is -2.30. The topological polar surface area (TPSA) is 77.0 Å². The minimum absolute atomic E-state index is 0.0187. The van der Waals surface area contributed by atoms with E-state index in [-0.39, 0.29) is 36.5 Å². The Kier molecular flexibility index (Phi) is 4.67. The molecule has 2 amide bonds. The van der Waals surface area contributed by atoms with Crippen molar-refractivity contribution in [2.24, 2.45) is 5.10 Å². The van der Waals surface area contributed by atoms with Gasteiger partial charge in [-0.2, -0.15) is 5.10 Å². The van der Waals surface area contributed by atoms with Crippen LogP contribution in [0.25, 0.3) is 10.8 Å². The molecular weight excluding hydrogens is 366 g/mol. The van der Waals surface area contributed by atoms with Gasteiger partial charge in [0.05, 0.1) is 6.04 Å². The van der Waals surface area contributed by atoms with E-state index in [9.17, 15) is 9.59 Å². The van der Waals surface area contributed by atoms with Crippen LogP contribution in [0.4, 0.5) is 0 Å². The third-order valence-electron chi connectivity index (χ3n) is 6.17. The first-order valence-corrected chi connectivity index (χ1v) is 10.4. The van der Waals surface area contributed by atoms with Crippen LogP contribution in [0.1, 0.15) is 43.7 Å². The summed E-state index contributed by atoms with van der Waals surface area (Å²) >= 11 is 0. The van der Waals surface area contributed by atoms with Crippen LogP contribution in [-0.2, 0) is 9.59 Å². The third kappa shape index (κ3) is 3.46. The number of nitrogens with zero attached hydrogens (tertiary/aromatic N) is 3. The number of hydrazone groups is 1. The first kappa shape index (κ1) is 18.1. The quantitative estimate of drug-likeness (QED) is 0.839. The van der Waals surface area contributed by atoms with E-state index in [1.54, 1.807) is 11.3 Å². The number of fused-ring (bicyclic) bond motifs is 2. The van der Waals surface area contributed by atoms with E-state index >= 15 is 0 Å². The number of nitrogens with one attached hydrogen (secondary N) is 2. The first-order chi connectivity index (χ1) is 14.2. The molecule has 29 heavy (non-hydrogen) atoms. The number of carbonyl (C=O) groups excluding carboxylic acids is 2. The highest BCUT2D eigenvalue weighted by molar-refractivity contribution is 5.91. The van der Waals surface area contributed by atoms with Gasteiger partial charge in [0.2, 0.25) is 5.91 Å². The van der Waals surface area contributed by atoms with E-state index in [0.29, 0.717) is 6.42 Å². The van der Waals surface area contributed by atoms with E-state index < -0.39 is 0 Å². The van der Waals surface area contributed by atoms with E-state index in [1.807, 2.05) is 18.2 Å². The predicted octanol–water partition coefficient (Wildman–Crippen LogP) is 2.30. The average molecular weight is 391 g/mol. The summed E-state index contributed by atoms with van der Waals surface area (Å²) in [5, 5.41) is 12.7. The molecule has 2 aliphatic heterocycles. The molecule has 2 unspecified atom stereocenters. The molecule has 7 heteroatoms. The average Bonchev–Trinajstić information content (AvgIpc) is 3.40. The van der Waals surface area contributed by atoms with E-state index in [2.05, 4.69) is 40.1 Å². The standard InChI is InChI=1S/C22H25N5O2/c28-21(24-16-8-2-3-9-16)13-26-22(29)20-12-19(25-27(20)14-23-26)18-11-5-7-15-6-1-4-10-17(15)18/h1,4-7,10-11,14,16,19-20,25H,2-3,8-9,12-13H2,(H,24,28). The maximum absolute atomic E-state index is 13.0. The van der Waals surface area contributed by atoms with Crippen molar-refractivity contribution in [1.82, 2.24) is 20.8 Å². The fourth-order valence-corrected chi connectivity index (χ4v) is 4.69. The van der Waals surface area contributed by atoms with Crippen LogP contribution in [0.5, 0.6) is 0 Å². The molecule has 2 heterocycles. The van der Waals surface area contributed by atoms with Crippen LogP contribution < -0.4 is 10.7 Å².